The normalized spacial score (nSPS) is 43.9. The van der Waals surface area contributed by atoms with E-state index in [4.69, 9.17) is 0 Å². The second kappa shape index (κ2) is 4.60. The molecule has 0 N–H and O–H groups in total. The molecule has 4 aliphatic carbocycles. The van der Waals surface area contributed by atoms with Crippen LogP contribution in [0.25, 0.3) is 0 Å². The summed E-state index contributed by atoms with van der Waals surface area (Å²) in [6.45, 7) is 5.34. The van der Waals surface area contributed by atoms with Crippen LogP contribution in [0.3, 0.4) is 0 Å². The summed E-state index contributed by atoms with van der Waals surface area (Å²) in [7, 11) is 0. The van der Waals surface area contributed by atoms with E-state index in [9.17, 15) is 0 Å². The summed E-state index contributed by atoms with van der Waals surface area (Å²) in [6.07, 6.45) is 11.6. The summed E-state index contributed by atoms with van der Waals surface area (Å²) in [4.78, 5) is 2.94. The number of benzene rings is 1. The Balaban J connectivity index is 1.61. The number of likely N-dealkylation sites (tertiary alicyclic amines) is 1. The van der Waals surface area contributed by atoms with Gasteiger partial charge in [-0.25, -0.2) is 0 Å². The van der Waals surface area contributed by atoms with E-state index in [2.05, 4.69) is 36.1 Å². The Kier molecular flexibility index (Phi) is 2.84. The molecule has 1 aromatic carbocycles. The van der Waals surface area contributed by atoms with Gasteiger partial charge in [0.15, 0.2) is 0 Å². The molecule has 5 aliphatic rings. The van der Waals surface area contributed by atoms with Gasteiger partial charge < -0.3 is 0 Å². The van der Waals surface area contributed by atoms with Crippen molar-refractivity contribution in [2.45, 2.75) is 75.7 Å². The van der Waals surface area contributed by atoms with Gasteiger partial charge in [0.05, 0.1) is 0 Å². The Morgan fingerprint density at radius 3 is 2.05 bits per heavy atom. The Labute approximate surface area is 135 Å². The molecule has 0 spiro atoms. The molecule has 3 fully saturated rings. The number of piperidine rings is 1. The maximum Gasteiger partial charge on any atom is 0.0226 e. The summed E-state index contributed by atoms with van der Waals surface area (Å²) >= 11 is 0. The van der Waals surface area contributed by atoms with Gasteiger partial charge >= 0.3 is 0 Å². The van der Waals surface area contributed by atoms with Crippen LogP contribution in [0.15, 0.2) is 24.3 Å². The SMILES string of the molecule is CC12CC3CC(N4CCCCC4)(CC(C1)c1ccccc13)C2. The zero-order chi connectivity index (χ0) is 14.8. The Morgan fingerprint density at radius 2 is 1.45 bits per heavy atom. The van der Waals surface area contributed by atoms with Crippen molar-refractivity contribution in [2.75, 3.05) is 13.1 Å². The van der Waals surface area contributed by atoms with Crippen molar-refractivity contribution in [3.05, 3.63) is 35.4 Å². The standard InChI is InChI=1S/C21H29N/c1-20-11-16-13-21(15-20,22-9-5-2-6-10-22)14-17(12-20)19-8-4-3-7-18(16)19/h3-4,7-8,16-17H,2,5-6,9-15H2,1H3. The lowest BCUT2D eigenvalue weighted by Gasteiger charge is -2.59. The second-order valence-electron chi connectivity index (χ2n) is 9.10. The third-order valence-corrected chi connectivity index (χ3v) is 7.39. The van der Waals surface area contributed by atoms with Crippen molar-refractivity contribution < 1.29 is 0 Å². The molecule has 2 unspecified atom stereocenters. The van der Waals surface area contributed by atoms with Gasteiger partial charge in [0.25, 0.3) is 0 Å². The largest absolute Gasteiger partial charge is 0.298 e. The zero-order valence-corrected chi connectivity index (χ0v) is 14.0. The molecule has 0 radical (unpaired) electrons. The molecule has 2 atom stereocenters. The quantitative estimate of drug-likeness (QED) is 0.698. The van der Waals surface area contributed by atoms with Crippen molar-refractivity contribution >= 4 is 0 Å². The van der Waals surface area contributed by atoms with Gasteiger partial charge in [0, 0.05) is 5.54 Å². The van der Waals surface area contributed by atoms with Gasteiger partial charge in [-0.2, -0.15) is 0 Å². The Hall–Kier alpha value is -0.820. The van der Waals surface area contributed by atoms with E-state index in [1.165, 1.54) is 64.5 Å². The van der Waals surface area contributed by atoms with Crippen molar-refractivity contribution in [2.24, 2.45) is 5.41 Å². The van der Waals surface area contributed by atoms with Crippen LogP contribution in [0.5, 0.6) is 0 Å². The summed E-state index contributed by atoms with van der Waals surface area (Å²) in [5.74, 6) is 1.65. The first-order valence-electron chi connectivity index (χ1n) is 9.52. The first-order chi connectivity index (χ1) is 10.7. The molecule has 1 heteroatoms. The summed E-state index contributed by atoms with van der Waals surface area (Å²) in [6, 6.07) is 9.47. The average Bonchev–Trinajstić information content (AvgIpc) is 2.68. The minimum Gasteiger partial charge on any atom is -0.298 e. The number of nitrogens with zero attached hydrogens (tertiary/aromatic N) is 1. The van der Waals surface area contributed by atoms with E-state index >= 15 is 0 Å². The molecule has 2 saturated carbocycles. The smallest absolute Gasteiger partial charge is 0.0226 e. The first kappa shape index (κ1) is 13.6. The highest BCUT2D eigenvalue weighted by molar-refractivity contribution is 5.39. The highest BCUT2D eigenvalue weighted by Gasteiger charge is 2.56. The third kappa shape index (κ3) is 1.87. The molecule has 118 valence electrons. The molecule has 1 aliphatic heterocycles. The van der Waals surface area contributed by atoms with E-state index in [0.29, 0.717) is 11.0 Å². The Bertz CT molecular complexity index is 548. The average molecular weight is 295 g/mol. The van der Waals surface area contributed by atoms with Crippen molar-refractivity contribution in [1.29, 1.82) is 0 Å². The van der Waals surface area contributed by atoms with Crippen LogP contribution in [-0.4, -0.2) is 23.5 Å². The van der Waals surface area contributed by atoms with Crippen LogP contribution in [0.4, 0.5) is 0 Å². The van der Waals surface area contributed by atoms with Crippen LogP contribution in [0, 0.1) is 5.41 Å². The molecule has 0 aromatic heterocycles. The van der Waals surface area contributed by atoms with Gasteiger partial charge in [-0.15, -0.1) is 0 Å². The van der Waals surface area contributed by atoms with Crippen LogP contribution in [0.2, 0.25) is 0 Å². The zero-order valence-electron chi connectivity index (χ0n) is 14.0. The van der Waals surface area contributed by atoms with E-state index in [1.807, 2.05) is 0 Å². The van der Waals surface area contributed by atoms with E-state index in [-0.39, 0.29) is 0 Å². The first-order valence-corrected chi connectivity index (χ1v) is 9.52. The highest BCUT2D eigenvalue weighted by Crippen LogP contribution is 2.64. The van der Waals surface area contributed by atoms with Crippen molar-refractivity contribution in [3.8, 4) is 0 Å². The molecule has 6 rings (SSSR count). The summed E-state index contributed by atoms with van der Waals surface area (Å²) in [5, 5.41) is 0. The van der Waals surface area contributed by atoms with Crippen LogP contribution in [0.1, 0.15) is 81.3 Å². The van der Waals surface area contributed by atoms with Crippen LogP contribution in [-0.2, 0) is 0 Å². The van der Waals surface area contributed by atoms with Crippen LogP contribution < -0.4 is 0 Å². The molecule has 4 bridgehead atoms. The molecule has 1 aromatic rings. The maximum atomic E-state index is 2.94. The van der Waals surface area contributed by atoms with E-state index < -0.39 is 0 Å². The second-order valence-corrected chi connectivity index (χ2v) is 9.10. The molecule has 1 heterocycles. The van der Waals surface area contributed by atoms with Crippen molar-refractivity contribution in [3.63, 3.8) is 0 Å². The molecular formula is C21H29N. The fourth-order valence-corrected chi connectivity index (χ4v) is 6.93. The highest BCUT2D eigenvalue weighted by atomic mass is 15.2. The molecule has 1 saturated heterocycles. The van der Waals surface area contributed by atoms with Crippen molar-refractivity contribution in [1.82, 2.24) is 4.90 Å². The monoisotopic (exact) mass is 295 g/mol. The fourth-order valence-electron chi connectivity index (χ4n) is 6.93. The molecule has 22 heavy (non-hydrogen) atoms. The number of rotatable bonds is 1. The molecule has 0 amide bonds. The third-order valence-electron chi connectivity index (χ3n) is 7.39. The minimum absolute atomic E-state index is 0.528. The van der Waals surface area contributed by atoms with Gasteiger partial charge in [-0.05, 0) is 86.4 Å². The lowest BCUT2D eigenvalue weighted by molar-refractivity contribution is -0.0592. The van der Waals surface area contributed by atoms with E-state index in [0.717, 1.165) is 11.8 Å². The topological polar surface area (TPSA) is 3.24 Å². The lowest BCUT2D eigenvalue weighted by Crippen LogP contribution is -2.58. The van der Waals surface area contributed by atoms with Gasteiger partial charge in [-0.3, -0.25) is 4.90 Å². The Morgan fingerprint density at radius 1 is 0.864 bits per heavy atom. The molecule has 1 nitrogen and oxygen atoms in total. The van der Waals surface area contributed by atoms with Gasteiger partial charge in [0.2, 0.25) is 0 Å². The number of hydrogen-bond acceptors (Lipinski definition) is 1. The molecular weight excluding hydrogens is 266 g/mol. The van der Waals surface area contributed by atoms with Gasteiger partial charge in [-0.1, -0.05) is 37.6 Å². The van der Waals surface area contributed by atoms with Crippen LogP contribution >= 0.6 is 0 Å². The lowest BCUT2D eigenvalue weighted by atomic mass is 9.54. The maximum absolute atomic E-state index is 2.94. The fraction of sp³-hybridized carbons (Fsp3) is 0.714. The minimum atomic E-state index is 0.528. The van der Waals surface area contributed by atoms with Gasteiger partial charge in [0.1, 0.15) is 0 Å². The predicted octanol–water partition coefficient (Wildman–Crippen LogP) is 5.08. The summed E-state index contributed by atoms with van der Waals surface area (Å²) < 4.78 is 0. The summed E-state index contributed by atoms with van der Waals surface area (Å²) in [5.41, 5.74) is 4.55. The predicted molar refractivity (Wildman–Crippen MR) is 91.3 cm³/mol. The van der Waals surface area contributed by atoms with E-state index in [1.54, 1.807) is 11.1 Å². The number of hydrogen-bond donors (Lipinski definition) is 0.